The zero-order chi connectivity index (χ0) is 28.7. The van der Waals surface area contributed by atoms with E-state index in [1.807, 2.05) is 0 Å². The molecule has 0 aliphatic carbocycles. The molecule has 0 aliphatic heterocycles. The number of hydrogen-bond donors (Lipinski definition) is 3. The molecule has 3 rings (SSSR count). The molecule has 0 radical (unpaired) electrons. The standard InChI is InChI=1S/C33H27BF3N3/c1-4-19-38-28-10-7-25(31(35)22-28)13-16-34(17-14-26-8-11-29(23-32(26)36)39-20-5-2)18-15-27-9-12-30(24-33(27)37)40-21-6-3/h4-12,22-24,38-40H,1-3,19-21H2. The van der Waals surface area contributed by atoms with Crippen LogP contribution in [-0.2, 0) is 0 Å². The van der Waals surface area contributed by atoms with Crippen LogP contribution in [0.5, 0.6) is 0 Å². The van der Waals surface area contributed by atoms with Crippen LogP contribution in [0.4, 0.5) is 30.2 Å². The van der Waals surface area contributed by atoms with Gasteiger partial charge in [0.15, 0.2) is 0 Å². The third-order valence-electron chi connectivity index (χ3n) is 5.31. The summed E-state index contributed by atoms with van der Waals surface area (Å²) in [7, 11) is 0. The molecule has 0 atom stereocenters. The van der Waals surface area contributed by atoms with Gasteiger partial charge in [0.05, 0.1) is 16.7 Å². The molecule has 0 saturated heterocycles. The zero-order valence-electron chi connectivity index (χ0n) is 21.9. The molecule has 0 heterocycles. The van der Waals surface area contributed by atoms with Crippen molar-refractivity contribution in [1.82, 2.24) is 0 Å². The summed E-state index contributed by atoms with van der Waals surface area (Å²) in [6.45, 7) is 11.4. The lowest BCUT2D eigenvalue weighted by Crippen LogP contribution is -2.06. The number of nitrogens with one attached hydrogen (secondary N) is 3. The van der Waals surface area contributed by atoms with Gasteiger partial charge in [0, 0.05) is 36.7 Å². The summed E-state index contributed by atoms with van der Waals surface area (Å²) in [5.74, 6) is 15.2. The van der Waals surface area contributed by atoms with E-state index in [9.17, 15) is 13.2 Å². The summed E-state index contributed by atoms with van der Waals surface area (Å²) in [5, 5.41) is 9.01. The summed E-state index contributed by atoms with van der Waals surface area (Å²) >= 11 is 0. The highest BCUT2D eigenvalue weighted by molar-refractivity contribution is 6.82. The van der Waals surface area contributed by atoms with E-state index >= 15 is 0 Å². The Labute approximate surface area is 234 Å². The Bertz CT molecular complexity index is 1390. The van der Waals surface area contributed by atoms with Crippen LogP contribution in [-0.4, -0.2) is 26.3 Å². The van der Waals surface area contributed by atoms with Crippen molar-refractivity contribution in [2.24, 2.45) is 0 Å². The van der Waals surface area contributed by atoms with Crippen LogP contribution < -0.4 is 16.0 Å². The minimum absolute atomic E-state index is 0.144. The maximum atomic E-state index is 14.6. The molecule has 0 fully saturated rings. The quantitative estimate of drug-likeness (QED) is 0.168. The van der Waals surface area contributed by atoms with Crippen molar-refractivity contribution in [2.75, 3.05) is 35.6 Å². The van der Waals surface area contributed by atoms with E-state index in [2.05, 4.69) is 70.9 Å². The van der Waals surface area contributed by atoms with Gasteiger partial charge in [0.1, 0.15) is 17.5 Å². The first-order valence-electron chi connectivity index (χ1n) is 12.4. The fourth-order valence-electron chi connectivity index (χ4n) is 3.31. The smallest absolute Gasteiger partial charge is 0.381 e. The lowest BCUT2D eigenvalue weighted by Gasteiger charge is -2.04. The normalized spacial score (nSPS) is 9.38. The molecule has 0 aliphatic rings. The van der Waals surface area contributed by atoms with Crippen LogP contribution >= 0.6 is 0 Å². The Morgan fingerprint density at radius 1 is 0.550 bits per heavy atom. The summed E-state index contributed by atoms with van der Waals surface area (Å²) < 4.78 is 43.9. The number of halogens is 3. The number of benzene rings is 3. The Morgan fingerprint density at radius 3 is 1.10 bits per heavy atom. The molecule has 0 aromatic heterocycles. The fraction of sp³-hybridized carbons (Fsp3) is 0.0909. The maximum Gasteiger partial charge on any atom is 0.396 e. The van der Waals surface area contributed by atoms with E-state index in [0.717, 1.165) is 0 Å². The van der Waals surface area contributed by atoms with Crippen LogP contribution in [0.2, 0.25) is 0 Å². The van der Waals surface area contributed by atoms with Gasteiger partial charge in [-0.05, 0) is 54.6 Å². The molecule has 3 aromatic rings. The molecule has 3 aromatic carbocycles. The number of rotatable bonds is 9. The van der Waals surface area contributed by atoms with Gasteiger partial charge in [-0.3, -0.25) is 0 Å². The first-order valence-corrected chi connectivity index (χ1v) is 12.4. The third-order valence-corrected chi connectivity index (χ3v) is 5.31. The van der Waals surface area contributed by atoms with Gasteiger partial charge in [0.2, 0.25) is 0 Å². The van der Waals surface area contributed by atoms with Gasteiger partial charge in [0.25, 0.3) is 0 Å². The molecule has 3 nitrogen and oxygen atoms in total. The van der Waals surface area contributed by atoms with Crippen LogP contribution in [0.15, 0.2) is 92.6 Å². The maximum absolute atomic E-state index is 14.6. The molecular weight excluding hydrogens is 506 g/mol. The van der Waals surface area contributed by atoms with Crippen molar-refractivity contribution in [3.63, 3.8) is 0 Å². The van der Waals surface area contributed by atoms with Crippen molar-refractivity contribution in [3.05, 3.63) is 127 Å². The van der Waals surface area contributed by atoms with Gasteiger partial charge in [-0.2, -0.15) is 0 Å². The van der Waals surface area contributed by atoms with Gasteiger partial charge >= 0.3 is 6.71 Å². The Hall–Kier alpha value is -5.19. The van der Waals surface area contributed by atoms with E-state index in [0.29, 0.717) is 36.7 Å². The van der Waals surface area contributed by atoms with E-state index < -0.39 is 24.2 Å². The van der Waals surface area contributed by atoms with Gasteiger partial charge in [-0.25, -0.2) is 13.2 Å². The Kier molecular flexibility index (Phi) is 11.2. The molecular formula is C33H27BF3N3. The van der Waals surface area contributed by atoms with E-state index in [1.54, 1.807) is 36.4 Å². The van der Waals surface area contributed by atoms with Crippen molar-refractivity contribution in [1.29, 1.82) is 0 Å². The van der Waals surface area contributed by atoms with E-state index in [1.165, 1.54) is 36.4 Å². The lowest BCUT2D eigenvalue weighted by molar-refractivity contribution is 0.624. The summed E-state index contributed by atoms with van der Waals surface area (Å²) in [4.78, 5) is 0. The third kappa shape index (κ3) is 8.98. The molecule has 40 heavy (non-hydrogen) atoms. The highest BCUT2D eigenvalue weighted by Crippen LogP contribution is 2.16. The minimum Gasteiger partial charge on any atom is -0.381 e. The average molecular weight is 533 g/mol. The predicted molar refractivity (Wildman–Crippen MR) is 162 cm³/mol. The second kappa shape index (κ2) is 15.3. The monoisotopic (exact) mass is 533 g/mol. The van der Waals surface area contributed by atoms with Crippen molar-refractivity contribution < 1.29 is 13.2 Å². The van der Waals surface area contributed by atoms with Crippen LogP contribution in [0.1, 0.15) is 16.7 Å². The van der Waals surface area contributed by atoms with Crippen LogP contribution in [0.3, 0.4) is 0 Å². The van der Waals surface area contributed by atoms with Gasteiger partial charge in [-0.1, -0.05) is 36.0 Å². The highest BCUT2D eigenvalue weighted by Gasteiger charge is 2.08. The van der Waals surface area contributed by atoms with Gasteiger partial charge in [-0.15, -0.1) is 37.2 Å². The molecule has 0 unspecified atom stereocenters. The van der Waals surface area contributed by atoms with Crippen molar-refractivity contribution >= 4 is 23.8 Å². The highest BCUT2D eigenvalue weighted by atomic mass is 19.1. The SMILES string of the molecule is C=CCNc1ccc(C#CB(C#Cc2ccc(NCC=C)cc2F)C#Cc2ccc(NCC=C)cc2F)c(F)c1. The summed E-state index contributed by atoms with van der Waals surface area (Å²) in [5.41, 5.74) is 2.19. The van der Waals surface area contributed by atoms with E-state index in [-0.39, 0.29) is 16.7 Å². The largest absolute Gasteiger partial charge is 0.396 e. The zero-order valence-corrected chi connectivity index (χ0v) is 21.9. The van der Waals surface area contributed by atoms with Crippen LogP contribution in [0, 0.1) is 52.7 Å². The molecule has 0 bridgehead atoms. The Morgan fingerprint density at radius 2 is 0.850 bits per heavy atom. The second-order valence-electron chi connectivity index (χ2n) is 8.33. The summed E-state index contributed by atoms with van der Waals surface area (Å²) in [6.07, 6.45) is 4.99. The van der Waals surface area contributed by atoms with E-state index in [4.69, 9.17) is 0 Å². The van der Waals surface area contributed by atoms with Crippen molar-refractivity contribution in [3.8, 4) is 35.2 Å². The minimum atomic E-state index is -0.922. The fourth-order valence-corrected chi connectivity index (χ4v) is 3.31. The second-order valence-corrected chi connectivity index (χ2v) is 8.33. The van der Waals surface area contributed by atoms with Crippen LogP contribution in [0.25, 0.3) is 0 Å². The number of anilines is 3. The topological polar surface area (TPSA) is 36.1 Å². The molecule has 198 valence electrons. The predicted octanol–water partition coefficient (Wildman–Crippen LogP) is 6.46. The lowest BCUT2D eigenvalue weighted by atomic mass is 9.52. The molecule has 3 N–H and O–H groups in total. The Balaban J connectivity index is 1.94. The van der Waals surface area contributed by atoms with Crippen molar-refractivity contribution in [2.45, 2.75) is 0 Å². The summed E-state index contributed by atoms with van der Waals surface area (Å²) in [6, 6.07) is 13.7. The number of hydrogen-bond acceptors (Lipinski definition) is 3. The average Bonchev–Trinajstić information content (AvgIpc) is 2.95. The molecule has 0 amide bonds. The molecule has 7 heteroatoms. The van der Waals surface area contributed by atoms with Gasteiger partial charge < -0.3 is 16.0 Å². The first-order chi connectivity index (χ1) is 19.4. The molecule has 0 saturated carbocycles. The molecule has 0 spiro atoms. The first kappa shape index (κ1) is 29.4.